The van der Waals surface area contributed by atoms with Crippen LogP contribution < -0.4 is 0 Å². The van der Waals surface area contributed by atoms with Crippen molar-refractivity contribution in [2.75, 3.05) is 19.3 Å². The summed E-state index contributed by atoms with van der Waals surface area (Å²) < 4.78 is 23.0. The largest absolute Gasteiger partial charge is 0.342 e. The number of H-pyrrole nitrogens is 1. The fraction of sp³-hybridized carbons (Fsp3) is 0.471. The third kappa shape index (κ3) is 4.25. The van der Waals surface area contributed by atoms with E-state index in [1.807, 2.05) is 11.8 Å². The Morgan fingerprint density at radius 3 is 2.64 bits per heavy atom. The van der Waals surface area contributed by atoms with Crippen LogP contribution in [-0.2, 0) is 21.1 Å². The van der Waals surface area contributed by atoms with Gasteiger partial charge >= 0.3 is 0 Å². The van der Waals surface area contributed by atoms with Gasteiger partial charge in [0.25, 0.3) is 0 Å². The summed E-state index contributed by atoms with van der Waals surface area (Å²) in [6, 6.07) is 6.50. The number of nitrogens with zero attached hydrogens (tertiary/aromatic N) is 3. The molecule has 1 aliphatic rings. The molecule has 1 atom stereocenters. The SMILES string of the molecule is Cc1nc(C2CCCN(C(=O)Cc3ccc(S(C)(=O)=O)cc3)C2)n[nH]1. The van der Waals surface area contributed by atoms with E-state index in [0.717, 1.165) is 36.6 Å². The Labute approximate surface area is 147 Å². The van der Waals surface area contributed by atoms with Gasteiger partial charge in [0, 0.05) is 25.3 Å². The van der Waals surface area contributed by atoms with Crippen LogP contribution in [0.3, 0.4) is 0 Å². The smallest absolute Gasteiger partial charge is 0.227 e. The number of aryl methyl sites for hydroxylation is 1. The number of piperidine rings is 1. The average molecular weight is 362 g/mol. The molecule has 8 heteroatoms. The maximum atomic E-state index is 12.6. The first-order chi connectivity index (χ1) is 11.8. The minimum atomic E-state index is -3.22. The molecule has 2 aromatic rings. The highest BCUT2D eigenvalue weighted by atomic mass is 32.2. The van der Waals surface area contributed by atoms with Crippen molar-refractivity contribution in [3.8, 4) is 0 Å². The second-order valence-corrected chi connectivity index (χ2v) is 8.57. The first-order valence-electron chi connectivity index (χ1n) is 8.28. The molecule has 1 aliphatic heterocycles. The van der Waals surface area contributed by atoms with Crippen molar-refractivity contribution in [1.29, 1.82) is 0 Å². The van der Waals surface area contributed by atoms with Gasteiger partial charge in [-0.2, -0.15) is 5.10 Å². The van der Waals surface area contributed by atoms with Crippen molar-refractivity contribution in [1.82, 2.24) is 20.1 Å². The normalized spacial score (nSPS) is 18.3. The van der Waals surface area contributed by atoms with E-state index < -0.39 is 9.84 Å². The lowest BCUT2D eigenvalue weighted by Gasteiger charge is -2.31. The van der Waals surface area contributed by atoms with E-state index in [0.29, 0.717) is 6.54 Å². The quantitative estimate of drug-likeness (QED) is 0.888. The molecule has 1 amide bonds. The van der Waals surface area contributed by atoms with Crippen LogP contribution >= 0.6 is 0 Å². The van der Waals surface area contributed by atoms with E-state index in [-0.39, 0.29) is 23.1 Å². The Hall–Kier alpha value is -2.22. The molecule has 1 unspecified atom stereocenters. The molecular weight excluding hydrogens is 340 g/mol. The van der Waals surface area contributed by atoms with Gasteiger partial charge in [-0.1, -0.05) is 12.1 Å². The summed E-state index contributed by atoms with van der Waals surface area (Å²) in [7, 11) is -3.22. The van der Waals surface area contributed by atoms with Crippen LogP contribution in [0.1, 0.15) is 36.0 Å². The predicted octanol–water partition coefficient (Wildman–Crippen LogP) is 1.47. The average Bonchev–Trinajstić information content (AvgIpc) is 3.01. The van der Waals surface area contributed by atoms with Crippen molar-refractivity contribution < 1.29 is 13.2 Å². The zero-order valence-electron chi connectivity index (χ0n) is 14.4. The molecule has 134 valence electrons. The number of rotatable bonds is 4. The zero-order chi connectivity index (χ0) is 18.0. The van der Waals surface area contributed by atoms with E-state index in [1.165, 1.54) is 6.26 Å². The number of nitrogens with one attached hydrogen (secondary N) is 1. The number of benzene rings is 1. The number of sulfone groups is 1. The summed E-state index contributed by atoms with van der Waals surface area (Å²) in [4.78, 5) is 19.1. The van der Waals surface area contributed by atoms with E-state index in [4.69, 9.17) is 0 Å². The summed E-state index contributed by atoms with van der Waals surface area (Å²) >= 11 is 0. The van der Waals surface area contributed by atoms with Gasteiger partial charge in [0.1, 0.15) is 5.82 Å². The summed E-state index contributed by atoms with van der Waals surface area (Å²) in [5.41, 5.74) is 0.813. The summed E-state index contributed by atoms with van der Waals surface area (Å²) in [5, 5.41) is 7.07. The molecule has 1 fully saturated rings. The van der Waals surface area contributed by atoms with Crippen molar-refractivity contribution in [3.63, 3.8) is 0 Å². The van der Waals surface area contributed by atoms with E-state index in [1.54, 1.807) is 24.3 Å². The van der Waals surface area contributed by atoms with Crippen LogP contribution in [0.5, 0.6) is 0 Å². The maximum Gasteiger partial charge on any atom is 0.227 e. The lowest BCUT2D eigenvalue weighted by Crippen LogP contribution is -2.40. The summed E-state index contributed by atoms with van der Waals surface area (Å²) in [5.74, 6) is 1.76. The highest BCUT2D eigenvalue weighted by Crippen LogP contribution is 2.25. The molecule has 25 heavy (non-hydrogen) atoms. The number of hydrogen-bond acceptors (Lipinski definition) is 5. The number of aromatic amines is 1. The Kier molecular flexibility index (Phi) is 4.89. The molecular formula is C17H22N4O3S. The number of carbonyl (C=O) groups excluding carboxylic acids is 1. The number of likely N-dealkylation sites (tertiary alicyclic amines) is 1. The minimum absolute atomic E-state index is 0.0454. The van der Waals surface area contributed by atoms with Gasteiger partial charge in [0.05, 0.1) is 11.3 Å². The Balaban J connectivity index is 1.64. The molecule has 0 spiro atoms. The molecule has 3 rings (SSSR count). The predicted molar refractivity (Wildman–Crippen MR) is 92.9 cm³/mol. The molecule has 0 saturated carbocycles. The van der Waals surface area contributed by atoms with Crippen molar-refractivity contribution in [3.05, 3.63) is 41.5 Å². The molecule has 0 radical (unpaired) electrons. The molecule has 2 heterocycles. The van der Waals surface area contributed by atoms with Gasteiger partial charge in [-0.15, -0.1) is 0 Å². The number of hydrogen-bond donors (Lipinski definition) is 1. The standard InChI is InChI=1S/C17H22N4O3S/c1-12-18-17(20-19-12)14-4-3-9-21(11-14)16(22)10-13-5-7-15(8-6-13)25(2,23)24/h5-8,14H,3-4,9-11H2,1-2H3,(H,18,19,20). The first-order valence-corrected chi connectivity index (χ1v) is 10.2. The van der Waals surface area contributed by atoms with Crippen LogP contribution in [0.2, 0.25) is 0 Å². The van der Waals surface area contributed by atoms with Crippen molar-refractivity contribution in [2.24, 2.45) is 0 Å². The van der Waals surface area contributed by atoms with Crippen molar-refractivity contribution >= 4 is 15.7 Å². The van der Waals surface area contributed by atoms with Crippen LogP contribution in [0.15, 0.2) is 29.2 Å². The maximum absolute atomic E-state index is 12.6. The second-order valence-electron chi connectivity index (χ2n) is 6.55. The van der Waals surface area contributed by atoms with Gasteiger partial charge in [0.2, 0.25) is 5.91 Å². The Morgan fingerprint density at radius 1 is 1.32 bits per heavy atom. The molecule has 7 nitrogen and oxygen atoms in total. The van der Waals surface area contributed by atoms with E-state index in [2.05, 4.69) is 15.2 Å². The number of amides is 1. The van der Waals surface area contributed by atoms with Gasteiger partial charge in [0.15, 0.2) is 15.7 Å². The number of carbonyl (C=O) groups is 1. The lowest BCUT2D eigenvalue weighted by molar-refractivity contribution is -0.131. The fourth-order valence-electron chi connectivity index (χ4n) is 3.10. The van der Waals surface area contributed by atoms with Gasteiger partial charge in [-0.25, -0.2) is 13.4 Å². The third-order valence-electron chi connectivity index (χ3n) is 4.46. The van der Waals surface area contributed by atoms with Crippen LogP contribution in [0.25, 0.3) is 0 Å². The molecule has 1 saturated heterocycles. The van der Waals surface area contributed by atoms with Crippen LogP contribution in [-0.4, -0.2) is 53.8 Å². The Bertz CT molecular complexity index is 858. The highest BCUT2D eigenvalue weighted by Gasteiger charge is 2.27. The lowest BCUT2D eigenvalue weighted by atomic mass is 9.97. The van der Waals surface area contributed by atoms with Crippen LogP contribution in [0, 0.1) is 6.92 Å². The van der Waals surface area contributed by atoms with E-state index in [9.17, 15) is 13.2 Å². The Morgan fingerprint density at radius 2 is 2.04 bits per heavy atom. The molecule has 1 aromatic carbocycles. The monoisotopic (exact) mass is 362 g/mol. The number of aromatic nitrogens is 3. The van der Waals surface area contributed by atoms with Gasteiger partial charge in [-0.3, -0.25) is 9.89 Å². The van der Waals surface area contributed by atoms with E-state index >= 15 is 0 Å². The topological polar surface area (TPSA) is 96.0 Å². The first kappa shape index (κ1) is 17.6. The fourth-order valence-corrected chi connectivity index (χ4v) is 3.73. The van der Waals surface area contributed by atoms with Crippen molar-refractivity contribution in [2.45, 2.75) is 37.0 Å². The molecule has 0 bridgehead atoms. The molecule has 0 aliphatic carbocycles. The second kappa shape index (κ2) is 6.95. The zero-order valence-corrected chi connectivity index (χ0v) is 15.2. The molecule has 1 N–H and O–H groups in total. The highest BCUT2D eigenvalue weighted by molar-refractivity contribution is 7.90. The van der Waals surface area contributed by atoms with Crippen LogP contribution in [0.4, 0.5) is 0 Å². The third-order valence-corrected chi connectivity index (χ3v) is 5.59. The summed E-state index contributed by atoms with van der Waals surface area (Å²) in [6.45, 7) is 3.22. The molecule has 1 aromatic heterocycles. The minimum Gasteiger partial charge on any atom is -0.342 e. The summed E-state index contributed by atoms with van der Waals surface area (Å²) in [6.07, 6.45) is 3.34. The van der Waals surface area contributed by atoms with Gasteiger partial charge in [-0.05, 0) is 37.5 Å². The van der Waals surface area contributed by atoms with Gasteiger partial charge < -0.3 is 4.90 Å².